The maximum Gasteiger partial charge on any atom is 0.173 e. The first-order chi connectivity index (χ1) is 13.8. The maximum atomic E-state index is 12.9. The molecule has 1 heterocycles. The predicted molar refractivity (Wildman–Crippen MR) is 120 cm³/mol. The van der Waals surface area contributed by atoms with Crippen molar-refractivity contribution in [1.29, 1.82) is 5.26 Å². The fourth-order valence-corrected chi connectivity index (χ4v) is 5.03. The van der Waals surface area contributed by atoms with Gasteiger partial charge in [0.2, 0.25) is 0 Å². The number of ketones is 1. The van der Waals surface area contributed by atoms with Crippen LogP contribution in [0.5, 0.6) is 0 Å². The van der Waals surface area contributed by atoms with Crippen molar-refractivity contribution >= 4 is 17.5 Å². The van der Waals surface area contributed by atoms with Gasteiger partial charge in [-0.25, -0.2) is 4.98 Å². The van der Waals surface area contributed by atoms with Gasteiger partial charge in [0.05, 0.1) is 11.3 Å². The molecule has 0 N–H and O–H groups in total. The predicted octanol–water partition coefficient (Wildman–Crippen LogP) is 5.93. The van der Waals surface area contributed by atoms with E-state index in [1.54, 1.807) is 0 Å². The van der Waals surface area contributed by atoms with Crippen molar-refractivity contribution in [2.45, 2.75) is 71.7 Å². The van der Waals surface area contributed by atoms with Crippen LogP contribution in [0.25, 0.3) is 0 Å². The number of hydrogen-bond acceptors (Lipinski definition) is 4. The molecule has 1 aromatic heterocycles. The normalized spacial score (nSPS) is 13.3. The van der Waals surface area contributed by atoms with Gasteiger partial charge in [-0.05, 0) is 92.7 Å². The number of Topliss-reactive ketones (excluding diaryl/α,β-unsaturated/α-hetero) is 1. The summed E-state index contributed by atoms with van der Waals surface area (Å²) < 4.78 is 0. The number of benzene rings is 1. The number of rotatable bonds is 6. The lowest BCUT2D eigenvalue weighted by atomic mass is 9.87. The molecule has 1 aromatic carbocycles. The molecule has 0 amide bonds. The molecule has 0 saturated heterocycles. The standard InChI is InChI=1S/C25H30N2OS/c1-15(2)10-21-19-8-6-7-9-23(19)27-25(22(21)13-26)29-14-24(28)20-12-17(4)16(3)11-18(20)5/h11-12,15H,6-10,14H2,1-5H3. The quantitative estimate of drug-likeness (QED) is 0.441. The average Bonchev–Trinajstić information content (AvgIpc) is 2.68. The first-order valence-electron chi connectivity index (χ1n) is 10.5. The van der Waals surface area contributed by atoms with Crippen LogP contribution in [0.3, 0.4) is 0 Å². The van der Waals surface area contributed by atoms with Gasteiger partial charge in [-0.3, -0.25) is 4.79 Å². The minimum absolute atomic E-state index is 0.101. The Morgan fingerprint density at radius 2 is 1.83 bits per heavy atom. The van der Waals surface area contributed by atoms with Crippen molar-refractivity contribution in [2.24, 2.45) is 5.92 Å². The lowest BCUT2D eigenvalue weighted by molar-refractivity contribution is 0.102. The van der Waals surface area contributed by atoms with Crippen molar-refractivity contribution in [3.8, 4) is 6.07 Å². The molecule has 0 unspecified atom stereocenters. The minimum atomic E-state index is 0.101. The number of fused-ring (bicyclic) bond motifs is 1. The van der Waals surface area contributed by atoms with Crippen molar-refractivity contribution in [3.05, 3.63) is 56.8 Å². The third-order valence-corrected chi connectivity index (χ3v) is 6.74. The summed E-state index contributed by atoms with van der Waals surface area (Å²) in [5.41, 5.74) is 8.42. The Balaban J connectivity index is 1.92. The van der Waals surface area contributed by atoms with Crippen molar-refractivity contribution in [2.75, 3.05) is 5.75 Å². The summed E-state index contributed by atoms with van der Waals surface area (Å²) in [5, 5.41) is 10.7. The van der Waals surface area contributed by atoms with Crippen LogP contribution < -0.4 is 0 Å². The summed E-state index contributed by atoms with van der Waals surface area (Å²) in [6.07, 6.45) is 5.21. The smallest absolute Gasteiger partial charge is 0.173 e. The molecule has 0 radical (unpaired) electrons. The van der Waals surface area contributed by atoms with Gasteiger partial charge < -0.3 is 0 Å². The summed E-state index contributed by atoms with van der Waals surface area (Å²) in [6.45, 7) is 10.5. The third kappa shape index (κ3) is 4.73. The van der Waals surface area contributed by atoms with Gasteiger partial charge in [-0.15, -0.1) is 0 Å². The van der Waals surface area contributed by atoms with E-state index >= 15 is 0 Å². The van der Waals surface area contributed by atoms with E-state index in [2.05, 4.69) is 32.9 Å². The van der Waals surface area contributed by atoms with Crippen LogP contribution in [0.4, 0.5) is 0 Å². The Hall–Kier alpha value is -2.12. The topological polar surface area (TPSA) is 53.8 Å². The highest BCUT2D eigenvalue weighted by atomic mass is 32.2. The van der Waals surface area contributed by atoms with Crippen molar-refractivity contribution in [3.63, 3.8) is 0 Å². The lowest BCUT2D eigenvalue weighted by Crippen LogP contribution is -2.14. The Labute approximate surface area is 178 Å². The number of carbonyl (C=O) groups is 1. The molecule has 0 atom stereocenters. The lowest BCUT2D eigenvalue weighted by Gasteiger charge is -2.22. The molecule has 3 nitrogen and oxygen atoms in total. The zero-order valence-electron chi connectivity index (χ0n) is 18.2. The Morgan fingerprint density at radius 1 is 1.14 bits per heavy atom. The maximum absolute atomic E-state index is 12.9. The molecule has 0 bridgehead atoms. The van der Waals surface area contributed by atoms with Crippen LogP contribution in [-0.4, -0.2) is 16.5 Å². The second-order valence-electron chi connectivity index (χ2n) is 8.58. The van der Waals surface area contributed by atoms with E-state index in [9.17, 15) is 10.1 Å². The first kappa shape index (κ1) is 21.6. The summed E-state index contributed by atoms with van der Waals surface area (Å²) in [6, 6.07) is 6.48. The molecule has 0 fully saturated rings. The summed E-state index contributed by atoms with van der Waals surface area (Å²) in [4.78, 5) is 17.8. The number of nitrogens with zero attached hydrogens (tertiary/aromatic N) is 2. The molecular formula is C25H30N2OS. The van der Waals surface area contributed by atoms with Gasteiger partial charge in [0.25, 0.3) is 0 Å². The molecule has 152 valence electrons. The van der Waals surface area contributed by atoms with Crippen molar-refractivity contribution in [1.82, 2.24) is 4.98 Å². The van der Waals surface area contributed by atoms with E-state index in [0.29, 0.717) is 17.2 Å². The number of pyridine rings is 1. The second kappa shape index (κ2) is 9.13. The Bertz CT molecular complexity index is 986. The molecular weight excluding hydrogens is 376 g/mol. The molecule has 0 aliphatic heterocycles. The highest BCUT2D eigenvalue weighted by molar-refractivity contribution is 8.00. The third-order valence-electron chi connectivity index (χ3n) is 5.76. The van der Waals surface area contributed by atoms with E-state index in [4.69, 9.17) is 4.98 Å². The zero-order valence-corrected chi connectivity index (χ0v) is 19.0. The number of aryl methyl sites for hydroxylation is 4. The van der Waals surface area contributed by atoms with Crippen molar-refractivity contribution < 1.29 is 4.79 Å². The molecule has 2 aromatic rings. The van der Waals surface area contributed by atoms with E-state index in [0.717, 1.165) is 53.1 Å². The van der Waals surface area contributed by atoms with Gasteiger partial charge in [0.1, 0.15) is 11.1 Å². The number of thioether (sulfide) groups is 1. The fraction of sp³-hybridized carbons (Fsp3) is 0.480. The molecule has 3 rings (SSSR count). The highest BCUT2D eigenvalue weighted by Crippen LogP contribution is 2.33. The van der Waals surface area contributed by atoms with Crippen LogP contribution in [0.15, 0.2) is 17.2 Å². The van der Waals surface area contributed by atoms with Crippen LogP contribution >= 0.6 is 11.8 Å². The van der Waals surface area contributed by atoms with E-state index < -0.39 is 0 Å². The summed E-state index contributed by atoms with van der Waals surface area (Å²) >= 11 is 1.42. The monoisotopic (exact) mass is 406 g/mol. The Morgan fingerprint density at radius 3 is 2.52 bits per heavy atom. The number of carbonyl (C=O) groups excluding carboxylic acids is 1. The molecule has 0 spiro atoms. The van der Waals surface area contributed by atoms with E-state index in [1.165, 1.54) is 34.9 Å². The van der Waals surface area contributed by atoms with Crippen LogP contribution in [0, 0.1) is 38.0 Å². The number of nitriles is 1. The second-order valence-corrected chi connectivity index (χ2v) is 9.54. The SMILES string of the molecule is Cc1cc(C)c(C(=O)CSc2nc3c(c(CC(C)C)c2C#N)CCCC3)cc1C. The van der Waals surface area contributed by atoms with Gasteiger partial charge in [0, 0.05) is 11.3 Å². The van der Waals surface area contributed by atoms with Crippen LogP contribution in [-0.2, 0) is 19.3 Å². The molecule has 4 heteroatoms. The van der Waals surface area contributed by atoms with Crippen LogP contribution in [0.2, 0.25) is 0 Å². The summed E-state index contributed by atoms with van der Waals surface area (Å²) in [5.74, 6) is 0.892. The molecule has 29 heavy (non-hydrogen) atoms. The zero-order chi connectivity index (χ0) is 21.1. The van der Waals surface area contributed by atoms with E-state index in [-0.39, 0.29) is 5.78 Å². The summed E-state index contributed by atoms with van der Waals surface area (Å²) in [7, 11) is 0. The van der Waals surface area contributed by atoms with Gasteiger partial charge >= 0.3 is 0 Å². The van der Waals surface area contributed by atoms with Gasteiger partial charge in [-0.2, -0.15) is 5.26 Å². The average molecular weight is 407 g/mol. The number of aromatic nitrogens is 1. The molecule has 1 aliphatic carbocycles. The minimum Gasteiger partial charge on any atom is -0.293 e. The fourth-order valence-electron chi connectivity index (χ4n) is 4.12. The molecule has 0 saturated carbocycles. The molecule has 1 aliphatic rings. The first-order valence-corrected chi connectivity index (χ1v) is 11.5. The largest absolute Gasteiger partial charge is 0.293 e. The van der Waals surface area contributed by atoms with Crippen LogP contribution in [0.1, 0.15) is 76.1 Å². The highest BCUT2D eigenvalue weighted by Gasteiger charge is 2.23. The van der Waals surface area contributed by atoms with E-state index in [1.807, 2.05) is 19.9 Å². The van der Waals surface area contributed by atoms with Gasteiger partial charge in [0.15, 0.2) is 5.78 Å². The number of hydrogen-bond donors (Lipinski definition) is 0. The van der Waals surface area contributed by atoms with Gasteiger partial charge in [-0.1, -0.05) is 31.7 Å². The Kier molecular flexibility index (Phi) is 6.80.